The fraction of sp³-hybridized carbons (Fsp3) is 0.462. The van der Waals surface area contributed by atoms with Crippen LogP contribution >= 0.6 is 11.6 Å². The molecule has 0 unspecified atom stereocenters. The number of halogens is 1. The number of rotatable bonds is 2. The summed E-state index contributed by atoms with van der Waals surface area (Å²) in [6.45, 7) is 5.02. The van der Waals surface area contributed by atoms with Crippen molar-refractivity contribution in [3.05, 3.63) is 34.9 Å². The molecule has 1 fully saturated rings. The third kappa shape index (κ3) is 1.43. The van der Waals surface area contributed by atoms with Crippen LogP contribution in [0, 0.1) is 16.7 Å². The summed E-state index contributed by atoms with van der Waals surface area (Å²) in [7, 11) is 0. The first-order valence-corrected chi connectivity index (χ1v) is 5.65. The Labute approximate surface area is 101 Å². The van der Waals surface area contributed by atoms with Crippen LogP contribution in [0.3, 0.4) is 0 Å². The topological polar surface area (TPSA) is 33.0 Å². The highest BCUT2D eigenvalue weighted by molar-refractivity contribution is 6.31. The summed E-state index contributed by atoms with van der Waals surface area (Å²) < 4.78 is 5.33. The Morgan fingerprint density at radius 2 is 2.00 bits per heavy atom. The van der Waals surface area contributed by atoms with Crippen molar-refractivity contribution in [3.63, 3.8) is 0 Å². The lowest BCUT2D eigenvalue weighted by atomic mass is 9.61. The van der Waals surface area contributed by atoms with Crippen molar-refractivity contribution in [2.45, 2.75) is 19.3 Å². The molecule has 16 heavy (non-hydrogen) atoms. The maximum Gasteiger partial charge on any atom is 0.0695 e. The zero-order chi connectivity index (χ0) is 11.8. The molecule has 0 amide bonds. The molecular weight excluding hydrogens is 222 g/mol. The van der Waals surface area contributed by atoms with Crippen molar-refractivity contribution < 1.29 is 4.74 Å². The van der Waals surface area contributed by atoms with Gasteiger partial charge in [-0.15, -0.1) is 0 Å². The molecule has 1 aromatic carbocycles. The summed E-state index contributed by atoms with van der Waals surface area (Å²) in [5.41, 5.74) is 0.283. The van der Waals surface area contributed by atoms with Gasteiger partial charge in [0.1, 0.15) is 0 Å². The van der Waals surface area contributed by atoms with Crippen molar-refractivity contribution in [2.75, 3.05) is 13.2 Å². The van der Waals surface area contributed by atoms with Crippen molar-refractivity contribution in [1.29, 1.82) is 5.26 Å². The van der Waals surface area contributed by atoms with E-state index < -0.39 is 5.41 Å². The Morgan fingerprint density at radius 3 is 2.44 bits per heavy atom. The molecule has 2 rings (SSSR count). The van der Waals surface area contributed by atoms with Crippen LogP contribution in [-0.2, 0) is 10.2 Å². The monoisotopic (exact) mass is 235 g/mol. The molecule has 0 N–H and O–H groups in total. The Hall–Kier alpha value is -1.04. The van der Waals surface area contributed by atoms with E-state index in [4.69, 9.17) is 16.3 Å². The molecule has 1 aliphatic rings. The van der Waals surface area contributed by atoms with Crippen molar-refractivity contribution >= 4 is 11.6 Å². The fourth-order valence-corrected chi connectivity index (χ4v) is 2.43. The van der Waals surface area contributed by atoms with Gasteiger partial charge in [-0.2, -0.15) is 5.26 Å². The van der Waals surface area contributed by atoms with E-state index in [0.29, 0.717) is 18.2 Å². The first-order chi connectivity index (χ1) is 7.53. The second-order valence-electron chi connectivity index (χ2n) is 4.79. The Morgan fingerprint density at radius 1 is 1.38 bits per heavy atom. The molecule has 0 bridgehead atoms. The van der Waals surface area contributed by atoms with Gasteiger partial charge in [0.25, 0.3) is 0 Å². The molecule has 2 nitrogen and oxygen atoms in total. The summed E-state index contributed by atoms with van der Waals surface area (Å²) in [5.74, 6) is 0. The van der Waals surface area contributed by atoms with E-state index in [2.05, 4.69) is 6.07 Å². The lowest BCUT2D eigenvalue weighted by molar-refractivity contribution is -0.102. The highest BCUT2D eigenvalue weighted by atomic mass is 35.5. The van der Waals surface area contributed by atoms with Gasteiger partial charge in [-0.25, -0.2) is 0 Å². The summed E-state index contributed by atoms with van der Waals surface area (Å²) in [6, 6.07) is 10.1. The molecule has 1 heterocycles. The number of hydrogen-bond acceptors (Lipinski definition) is 2. The van der Waals surface area contributed by atoms with Crippen LogP contribution in [0.4, 0.5) is 0 Å². The van der Waals surface area contributed by atoms with Crippen molar-refractivity contribution in [3.8, 4) is 6.07 Å². The van der Waals surface area contributed by atoms with E-state index in [1.165, 1.54) is 0 Å². The lowest BCUT2D eigenvalue weighted by Crippen LogP contribution is -2.56. The number of nitrogens with zero attached hydrogens (tertiary/aromatic N) is 1. The van der Waals surface area contributed by atoms with Gasteiger partial charge < -0.3 is 4.74 Å². The SMILES string of the molecule is CC(C)(C#N)C1(c2ccccc2Cl)COC1. The number of ether oxygens (including phenoxy) is 1. The standard InChI is InChI=1S/C13H14ClNO/c1-12(2,7-15)13(8-16-9-13)10-5-3-4-6-11(10)14/h3-6H,8-9H2,1-2H3. The molecule has 0 aromatic heterocycles. The smallest absolute Gasteiger partial charge is 0.0695 e. The molecule has 0 aliphatic carbocycles. The molecule has 3 heteroatoms. The second kappa shape index (κ2) is 3.76. The summed E-state index contributed by atoms with van der Waals surface area (Å²) in [4.78, 5) is 0. The van der Waals surface area contributed by atoms with Crippen molar-refractivity contribution in [1.82, 2.24) is 0 Å². The van der Waals surface area contributed by atoms with Crippen molar-refractivity contribution in [2.24, 2.45) is 5.41 Å². The van der Waals surface area contributed by atoms with Gasteiger partial charge in [-0.3, -0.25) is 0 Å². The molecular formula is C13H14ClNO. The summed E-state index contributed by atoms with van der Waals surface area (Å²) in [5, 5.41) is 10.0. The fourth-order valence-electron chi connectivity index (χ4n) is 2.12. The minimum Gasteiger partial charge on any atom is -0.379 e. The minimum absolute atomic E-state index is 0.264. The molecule has 0 saturated carbocycles. The lowest BCUT2D eigenvalue weighted by Gasteiger charge is -2.49. The number of hydrogen-bond donors (Lipinski definition) is 0. The van der Waals surface area contributed by atoms with Gasteiger partial charge in [-0.1, -0.05) is 29.8 Å². The van der Waals surface area contributed by atoms with E-state index in [1.54, 1.807) is 0 Å². The van der Waals surface area contributed by atoms with E-state index in [9.17, 15) is 5.26 Å². The highest BCUT2D eigenvalue weighted by Crippen LogP contribution is 2.48. The molecule has 0 spiro atoms. The predicted octanol–water partition coefficient (Wildman–Crippen LogP) is 3.16. The van der Waals surface area contributed by atoms with Crippen LogP contribution in [-0.4, -0.2) is 13.2 Å². The zero-order valence-corrected chi connectivity index (χ0v) is 10.2. The number of benzene rings is 1. The Kier molecular flexibility index (Phi) is 2.69. The average Bonchev–Trinajstić information content (AvgIpc) is 2.19. The first-order valence-electron chi connectivity index (χ1n) is 5.27. The summed E-state index contributed by atoms with van der Waals surface area (Å²) in [6.07, 6.45) is 0. The molecule has 0 atom stereocenters. The Bertz CT molecular complexity index is 443. The third-order valence-corrected chi connectivity index (χ3v) is 3.89. The largest absolute Gasteiger partial charge is 0.379 e. The van der Waals surface area contributed by atoms with E-state index in [1.807, 2.05) is 38.1 Å². The molecule has 1 aliphatic heterocycles. The van der Waals surface area contributed by atoms with E-state index >= 15 is 0 Å². The first kappa shape index (κ1) is 11.4. The van der Waals surface area contributed by atoms with Gasteiger partial charge in [-0.05, 0) is 25.5 Å². The third-order valence-electron chi connectivity index (χ3n) is 3.56. The number of nitriles is 1. The maximum atomic E-state index is 9.30. The van der Waals surface area contributed by atoms with E-state index in [-0.39, 0.29) is 5.41 Å². The summed E-state index contributed by atoms with van der Waals surface area (Å²) >= 11 is 6.22. The average molecular weight is 236 g/mol. The van der Waals surface area contributed by atoms with Crippen LogP contribution in [0.25, 0.3) is 0 Å². The quantitative estimate of drug-likeness (QED) is 0.789. The van der Waals surface area contributed by atoms with Crippen LogP contribution in [0.5, 0.6) is 0 Å². The van der Waals surface area contributed by atoms with Crippen LogP contribution in [0.15, 0.2) is 24.3 Å². The maximum absolute atomic E-state index is 9.30. The van der Waals surface area contributed by atoms with Gasteiger partial charge >= 0.3 is 0 Å². The van der Waals surface area contributed by atoms with Gasteiger partial charge in [0.15, 0.2) is 0 Å². The van der Waals surface area contributed by atoms with E-state index in [0.717, 1.165) is 5.56 Å². The molecule has 0 radical (unpaired) electrons. The van der Waals surface area contributed by atoms with Crippen LogP contribution in [0.1, 0.15) is 19.4 Å². The molecule has 84 valence electrons. The van der Waals surface area contributed by atoms with Gasteiger partial charge in [0.05, 0.1) is 30.1 Å². The Balaban J connectivity index is 2.53. The highest BCUT2D eigenvalue weighted by Gasteiger charge is 2.53. The minimum atomic E-state index is -0.476. The molecule has 1 saturated heterocycles. The van der Waals surface area contributed by atoms with Crippen LogP contribution in [0.2, 0.25) is 5.02 Å². The zero-order valence-electron chi connectivity index (χ0n) is 9.46. The molecule has 1 aromatic rings. The van der Waals surface area contributed by atoms with Gasteiger partial charge in [0, 0.05) is 5.02 Å². The predicted molar refractivity (Wildman–Crippen MR) is 63.3 cm³/mol. The van der Waals surface area contributed by atoms with Crippen LogP contribution < -0.4 is 0 Å². The second-order valence-corrected chi connectivity index (χ2v) is 5.20. The van der Waals surface area contributed by atoms with Gasteiger partial charge in [0.2, 0.25) is 0 Å². The normalized spacial score (nSPS) is 18.6.